The normalized spacial score (nSPS) is 15.9. The van der Waals surface area contributed by atoms with E-state index in [1.165, 1.54) is 4.90 Å². The minimum absolute atomic E-state index is 0.0127. The molecule has 0 spiro atoms. The molecule has 1 aliphatic rings. The number of carbonyl (C=O) groups is 1. The van der Waals surface area contributed by atoms with Gasteiger partial charge in [0.2, 0.25) is 5.88 Å². The SMILES string of the molecule is CCn1ccc(-c2nc(O)c(C(=O)N3CCC(c4ncc(F)cc4F)C3)c(=O)n2C(c2cc(F)cc(F)c2)C(C)C)n1. The molecule has 1 aromatic carbocycles. The summed E-state index contributed by atoms with van der Waals surface area (Å²) >= 11 is 0. The Bertz CT molecular complexity index is 1700. The van der Waals surface area contributed by atoms with Gasteiger partial charge in [-0.2, -0.15) is 10.1 Å². The van der Waals surface area contributed by atoms with Gasteiger partial charge in [0.15, 0.2) is 11.4 Å². The summed E-state index contributed by atoms with van der Waals surface area (Å²) in [5, 5.41) is 15.3. The van der Waals surface area contributed by atoms with Gasteiger partial charge in [0.1, 0.15) is 29.0 Å². The summed E-state index contributed by atoms with van der Waals surface area (Å²) in [5.41, 5.74) is -1.28. The minimum atomic E-state index is -1.01. The molecule has 1 amide bonds. The molecule has 4 heterocycles. The van der Waals surface area contributed by atoms with E-state index in [1.54, 1.807) is 30.8 Å². The van der Waals surface area contributed by atoms with Crippen LogP contribution in [0.2, 0.25) is 0 Å². The fourth-order valence-corrected chi connectivity index (χ4v) is 5.43. The van der Waals surface area contributed by atoms with E-state index in [-0.39, 0.29) is 42.3 Å². The summed E-state index contributed by atoms with van der Waals surface area (Å²) in [6.07, 6.45) is 2.81. The van der Waals surface area contributed by atoms with Crippen molar-refractivity contribution in [2.24, 2.45) is 5.92 Å². The number of amides is 1. The second-order valence-electron chi connectivity index (χ2n) is 10.5. The van der Waals surface area contributed by atoms with E-state index in [9.17, 15) is 32.3 Å². The third-order valence-electron chi connectivity index (χ3n) is 7.34. The van der Waals surface area contributed by atoms with E-state index >= 15 is 0 Å². The van der Waals surface area contributed by atoms with Gasteiger partial charge < -0.3 is 10.0 Å². The lowest BCUT2D eigenvalue weighted by Crippen LogP contribution is -2.39. The Morgan fingerprint density at radius 3 is 2.43 bits per heavy atom. The van der Waals surface area contributed by atoms with Crippen molar-refractivity contribution in [2.45, 2.75) is 45.7 Å². The highest BCUT2D eigenvalue weighted by molar-refractivity contribution is 5.96. The second-order valence-corrected chi connectivity index (χ2v) is 10.5. The molecule has 220 valence electrons. The van der Waals surface area contributed by atoms with Crippen LogP contribution >= 0.6 is 0 Å². The first-order valence-electron chi connectivity index (χ1n) is 13.4. The van der Waals surface area contributed by atoms with Crippen molar-refractivity contribution in [3.05, 3.63) is 93.2 Å². The van der Waals surface area contributed by atoms with Crippen LogP contribution in [0.3, 0.4) is 0 Å². The maximum absolute atomic E-state index is 14.4. The predicted molar refractivity (Wildman–Crippen MR) is 144 cm³/mol. The number of benzene rings is 1. The number of likely N-dealkylation sites (tertiary alicyclic amines) is 1. The van der Waals surface area contributed by atoms with Gasteiger partial charge in [-0.3, -0.25) is 23.8 Å². The van der Waals surface area contributed by atoms with Gasteiger partial charge in [0.05, 0.1) is 17.9 Å². The lowest BCUT2D eigenvalue weighted by molar-refractivity contribution is 0.0783. The first kappa shape index (κ1) is 29.0. The zero-order chi connectivity index (χ0) is 30.3. The number of aromatic nitrogens is 5. The molecule has 2 atom stereocenters. The molecule has 0 radical (unpaired) electrons. The Balaban J connectivity index is 1.63. The summed E-state index contributed by atoms with van der Waals surface area (Å²) in [6.45, 7) is 5.87. The maximum Gasteiger partial charge on any atom is 0.271 e. The van der Waals surface area contributed by atoms with Crippen LogP contribution in [0.1, 0.15) is 60.8 Å². The zero-order valence-corrected chi connectivity index (χ0v) is 23.1. The third kappa shape index (κ3) is 5.38. The number of aryl methyl sites for hydroxylation is 1. The van der Waals surface area contributed by atoms with E-state index in [0.29, 0.717) is 18.7 Å². The monoisotopic (exact) mass is 584 g/mol. The van der Waals surface area contributed by atoms with E-state index in [4.69, 9.17) is 0 Å². The molecule has 4 aromatic rings. The Morgan fingerprint density at radius 2 is 1.81 bits per heavy atom. The van der Waals surface area contributed by atoms with Gasteiger partial charge in [-0.15, -0.1) is 0 Å². The van der Waals surface area contributed by atoms with Crippen LogP contribution in [-0.4, -0.2) is 53.3 Å². The maximum atomic E-state index is 14.4. The fourth-order valence-electron chi connectivity index (χ4n) is 5.43. The first-order chi connectivity index (χ1) is 20.0. The summed E-state index contributed by atoms with van der Waals surface area (Å²) in [6, 6.07) is 4.17. The molecular weight excluding hydrogens is 556 g/mol. The van der Waals surface area contributed by atoms with E-state index in [0.717, 1.165) is 22.9 Å². The van der Waals surface area contributed by atoms with Crippen molar-refractivity contribution >= 4 is 5.91 Å². The van der Waals surface area contributed by atoms with Crippen molar-refractivity contribution in [1.29, 1.82) is 0 Å². The molecule has 0 aliphatic carbocycles. The average Bonchev–Trinajstić information content (AvgIpc) is 3.59. The molecular formula is C29H28F4N6O3. The van der Waals surface area contributed by atoms with Gasteiger partial charge in [-0.05, 0) is 43.0 Å². The summed E-state index contributed by atoms with van der Waals surface area (Å²) in [7, 11) is 0. The summed E-state index contributed by atoms with van der Waals surface area (Å²) in [5.74, 6) is -6.19. The van der Waals surface area contributed by atoms with E-state index in [1.807, 2.05) is 6.92 Å². The highest BCUT2D eigenvalue weighted by atomic mass is 19.1. The third-order valence-corrected chi connectivity index (χ3v) is 7.34. The Morgan fingerprint density at radius 1 is 1.10 bits per heavy atom. The van der Waals surface area contributed by atoms with Crippen molar-refractivity contribution in [1.82, 2.24) is 29.2 Å². The number of pyridine rings is 1. The van der Waals surface area contributed by atoms with Crippen LogP contribution in [-0.2, 0) is 6.54 Å². The summed E-state index contributed by atoms with van der Waals surface area (Å²) < 4.78 is 59.1. The van der Waals surface area contributed by atoms with E-state index < -0.39 is 64.1 Å². The molecule has 0 bridgehead atoms. The Kier molecular flexibility index (Phi) is 7.85. The van der Waals surface area contributed by atoms with Gasteiger partial charge >= 0.3 is 0 Å². The number of rotatable bonds is 7. The first-order valence-corrected chi connectivity index (χ1v) is 13.4. The van der Waals surface area contributed by atoms with E-state index in [2.05, 4.69) is 15.1 Å². The van der Waals surface area contributed by atoms with Crippen molar-refractivity contribution in [3.63, 3.8) is 0 Å². The number of aromatic hydroxyl groups is 1. The van der Waals surface area contributed by atoms with Gasteiger partial charge in [-0.25, -0.2) is 17.6 Å². The lowest BCUT2D eigenvalue weighted by Gasteiger charge is -2.27. The van der Waals surface area contributed by atoms with Crippen molar-refractivity contribution < 1.29 is 27.5 Å². The second kappa shape index (κ2) is 11.4. The number of halogens is 4. The van der Waals surface area contributed by atoms with Gasteiger partial charge in [0, 0.05) is 43.9 Å². The molecule has 13 heteroatoms. The minimum Gasteiger partial charge on any atom is -0.493 e. The molecule has 9 nitrogen and oxygen atoms in total. The number of hydrogen-bond donors (Lipinski definition) is 1. The molecule has 0 saturated carbocycles. The lowest BCUT2D eigenvalue weighted by atomic mass is 9.94. The standard InChI is InChI=1S/C29H28F4N6O3/c1-4-38-8-6-22(36-38)26-35-27(40)23(28(41)37-7-5-16(14-37)24-21(33)12-20(32)13-34-24)29(42)39(26)25(15(2)3)17-9-18(30)11-19(31)10-17/h6,8-13,15-16,25,40H,4-5,7,14H2,1-3H3. The molecule has 2 unspecified atom stereocenters. The van der Waals surface area contributed by atoms with Crippen LogP contribution in [0, 0.1) is 29.2 Å². The van der Waals surface area contributed by atoms with Crippen LogP contribution in [0.25, 0.3) is 11.5 Å². The molecule has 1 N–H and O–H groups in total. The highest BCUT2D eigenvalue weighted by Gasteiger charge is 2.36. The number of nitrogens with zero attached hydrogens (tertiary/aromatic N) is 6. The van der Waals surface area contributed by atoms with Crippen molar-refractivity contribution in [2.75, 3.05) is 13.1 Å². The molecule has 1 fully saturated rings. The molecule has 3 aromatic heterocycles. The molecule has 1 saturated heterocycles. The fraction of sp³-hybridized carbons (Fsp3) is 0.345. The van der Waals surface area contributed by atoms with Gasteiger partial charge in [-0.1, -0.05) is 13.8 Å². The van der Waals surface area contributed by atoms with Crippen LogP contribution in [0.15, 0.2) is 47.5 Å². The van der Waals surface area contributed by atoms with Gasteiger partial charge in [0.25, 0.3) is 11.5 Å². The molecule has 1 aliphatic heterocycles. The summed E-state index contributed by atoms with van der Waals surface area (Å²) in [4.78, 5) is 37.2. The van der Waals surface area contributed by atoms with Crippen LogP contribution in [0.4, 0.5) is 17.6 Å². The average molecular weight is 585 g/mol. The highest BCUT2D eigenvalue weighted by Crippen LogP contribution is 2.33. The van der Waals surface area contributed by atoms with Crippen LogP contribution in [0.5, 0.6) is 5.88 Å². The van der Waals surface area contributed by atoms with Crippen molar-refractivity contribution in [3.8, 4) is 17.4 Å². The predicted octanol–water partition coefficient (Wildman–Crippen LogP) is 4.66. The zero-order valence-electron chi connectivity index (χ0n) is 23.1. The Labute approximate surface area is 238 Å². The number of hydrogen-bond acceptors (Lipinski definition) is 6. The van der Waals surface area contributed by atoms with Crippen LogP contribution < -0.4 is 5.56 Å². The topological polar surface area (TPSA) is 106 Å². The number of carbonyl (C=O) groups excluding carboxylic acids is 1. The molecule has 5 rings (SSSR count). The largest absolute Gasteiger partial charge is 0.493 e. The quantitative estimate of drug-likeness (QED) is 0.317. The Hall–Kier alpha value is -4.55. The smallest absolute Gasteiger partial charge is 0.271 e. The molecule has 42 heavy (non-hydrogen) atoms.